The minimum absolute atomic E-state index is 0.00554. The highest BCUT2D eigenvalue weighted by Gasteiger charge is 2.06. The van der Waals surface area contributed by atoms with E-state index in [4.69, 9.17) is 22.0 Å². The van der Waals surface area contributed by atoms with E-state index in [1.54, 1.807) is 25.1 Å². The molecule has 0 heterocycles. The van der Waals surface area contributed by atoms with E-state index in [0.717, 1.165) is 5.56 Å². The average molecular weight is 263 g/mol. The number of carbonyl (C=O) groups excluding carboxylic acids is 1. The second-order valence-corrected chi connectivity index (χ2v) is 3.76. The van der Waals surface area contributed by atoms with Crippen LogP contribution in [0.3, 0.4) is 0 Å². The number of nitrogens with zero attached hydrogens (tertiary/aromatic N) is 1. The van der Waals surface area contributed by atoms with Gasteiger partial charge < -0.3 is 27.4 Å². The number of amides is 1. The van der Waals surface area contributed by atoms with E-state index in [9.17, 15) is 4.79 Å². The number of primary amides is 1. The number of benzene rings is 1. The number of oxime groups is 1. The van der Waals surface area contributed by atoms with Gasteiger partial charge in [-0.1, -0.05) is 17.3 Å². The van der Waals surface area contributed by atoms with Crippen molar-refractivity contribution in [2.45, 2.75) is 6.92 Å². The van der Waals surface area contributed by atoms with Crippen molar-refractivity contribution in [1.82, 2.24) is 0 Å². The Kier molecular flexibility index (Phi) is 4.76. The highest BCUT2D eigenvalue weighted by Crippen LogP contribution is 2.13. The van der Waals surface area contributed by atoms with Crippen molar-refractivity contribution in [3.05, 3.63) is 41.3 Å². The van der Waals surface area contributed by atoms with Crippen molar-refractivity contribution in [3.63, 3.8) is 0 Å². The van der Waals surface area contributed by atoms with Crippen LogP contribution >= 0.6 is 0 Å². The van der Waals surface area contributed by atoms with Gasteiger partial charge in [-0.3, -0.25) is 4.79 Å². The lowest BCUT2D eigenvalue weighted by atomic mass is 10.1. The van der Waals surface area contributed by atoms with Crippen LogP contribution < -0.4 is 22.5 Å². The fraction of sp³-hybridized carbons (Fsp3) is 0.167. The number of hydrogen-bond acceptors (Lipinski definition) is 6. The standard InChI is InChI=1S/C12H17N5O2/c1-7(17-19-2)8-4-3-5-9(6-8)16-11(14)10(13)12(15)18/h3-6,16H,13-14H2,1-2H3,(H2,15,18)/b11-10-,17-7+. The molecule has 7 heteroatoms. The molecule has 0 bridgehead atoms. The van der Waals surface area contributed by atoms with Crippen LogP contribution in [-0.2, 0) is 9.63 Å². The summed E-state index contributed by atoms with van der Waals surface area (Å²) in [4.78, 5) is 15.6. The highest BCUT2D eigenvalue weighted by molar-refractivity contribution is 5.99. The smallest absolute Gasteiger partial charge is 0.268 e. The molecule has 0 aliphatic heterocycles. The summed E-state index contributed by atoms with van der Waals surface area (Å²) in [5.41, 5.74) is 18.1. The van der Waals surface area contributed by atoms with Crippen molar-refractivity contribution in [2.75, 3.05) is 12.4 Å². The maximum atomic E-state index is 10.9. The van der Waals surface area contributed by atoms with Gasteiger partial charge in [0.25, 0.3) is 5.91 Å². The molecule has 1 aromatic carbocycles. The van der Waals surface area contributed by atoms with E-state index in [1.165, 1.54) is 7.11 Å². The Morgan fingerprint density at radius 1 is 1.32 bits per heavy atom. The number of anilines is 1. The van der Waals surface area contributed by atoms with Crippen LogP contribution in [0.5, 0.6) is 0 Å². The zero-order valence-corrected chi connectivity index (χ0v) is 10.8. The molecule has 0 aliphatic rings. The van der Waals surface area contributed by atoms with Gasteiger partial charge in [0.2, 0.25) is 0 Å². The van der Waals surface area contributed by atoms with Crippen molar-refractivity contribution < 1.29 is 9.63 Å². The number of carbonyl (C=O) groups is 1. The molecule has 1 amide bonds. The van der Waals surface area contributed by atoms with Crippen molar-refractivity contribution in [1.29, 1.82) is 0 Å². The molecule has 19 heavy (non-hydrogen) atoms. The Balaban J connectivity index is 2.99. The number of nitrogens with two attached hydrogens (primary N) is 3. The van der Waals surface area contributed by atoms with E-state index in [1.807, 2.05) is 6.07 Å². The summed E-state index contributed by atoms with van der Waals surface area (Å²) in [6, 6.07) is 7.23. The molecule has 7 N–H and O–H groups in total. The van der Waals surface area contributed by atoms with Gasteiger partial charge in [0, 0.05) is 11.3 Å². The summed E-state index contributed by atoms with van der Waals surface area (Å²) in [5, 5.41) is 6.62. The van der Waals surface area contributed by atoms with Gasteiger partial charge in [0.05, 0.1) is 5.71 Å². The summed E-state index contributed by atoms with van der Waals surface area (Å²) >= 11 is 0. The van der Waals surface area contributed by atoms with E-state index < -0.39 is 5.91 Å². The maximum Gasteiger partial charge on any atom is 0.268 e. The molecule has 0 saturated carbocycles. The summed E-state index contributed by atoms with van der Waals surface area (Å²) in [5.74, 6) is -0.774. The lowest BCUT2D eigenvalue weighted by molar-refractivity contribution is -0.114. The van der Waals surface area contributed by atoms with Gasteiger partial charge in [-0.25, -0.2) is 0 Å². The third kappa shape index (κ3) is 3.91. The molecule has 0 aromatic heterocycles. The molecule has 1 aromatic rings. The number of rotatable bonds is 5. The van der Waals surface area contributed by atoms with E-state index in [2.05, 4.69) is 10.5 Å². The minimum atomic E-state index is -0.779. The first kappa shape index (κ1) is 14.4. The minimum Gasteiger partial charge on any atom is -0.399 e. The van der Waals surface area contributed by atoms with Gasteiger partial charge in [-0.15, -0.1) is 0 Å². The summed E-state index contributed by atoms with van der Waals surface area (Å²) < 4.78 is 0. The number of nitrogens with one attached hydrogen (secondary N) is 1. The molecule has 0 radical (unpaired) electrons. The molecule has 0 saturated heterocycles. The molecule has 0 unspecified atom stereocenters. The third-order valence-corrected chi connectivity index (χ3v) is 2.34. The van der Waals surface area contributed by atoms with Gasteiger partial charge in [-0.05, 0) is 19.1 Å². The first-order valence-electron chi connectivity index (χ1n) is 5.46. The predicted octanol–water partition coefficient (Wildman–Crippen LogP) is 0.0407. The molecular weight excluding hydrogens is 246 g/mol. The summed E-state index contributed by atoms with van der Waals surface area (Å²) in [7, 11) is 1.47. The Labute approximate surface area is 111 Å². The van der Waals surface area contributed by atoms with Gasteiger partial charge >= 0.3 is 0 Å². The van der Waals surface area contributed by atoms with Crippen LogP contribution in [0.25, 0.3) is 0 Å². The monoisotopic (exact) mass is 263 g/mol. The highest BCUT2D eigenvalue weighted by atomic mass is 16.6. The lowest BCUT2D eigenvalue weighted by Gasteiger charge is -2.09. The second kappa shape index (κ2) is 6.29. The molecule has 1 rings (SSSR count). The van der Waals surface area contributed by atoms with E-state index in [0.29, 0.717) is 11.4 Å². The largest absolute Gasteiger partial charge is 0.399 e. The third-order valence-electron chi connectivity index (χ3n) is 2.34. The van der Waals surface area contributed by atoms with Crippen molar-refractivity contribution >= 4 is 17.3 Å². The van der Waals surface area contributed by atoms with Gasteiger partial charge in [0.1, 0.15) is 18.6 Å². The molecular formula is C12H17N5O2. The molecule has 0 aliphatic carbocycles. The molecule has 7 nitrogen and oxygen atoms in total. The molecule has 0 spiro atoms. The quantitative estimate of drug-likeness (QED) is 0.338. The fourth-order valence-corrected chi connectivity index (χ4v) is 1.37. The Morgan fingerprint density at radius 2 is 2.00 bits per heavy atom. The predicted molar refractivity (Wildman–Crippen MR) is 73.9 cm³/mol. The van der Waals surface area contributed by atoms with Crippen LogP contribution in [-0.4, -0.2) is 18.7 Å². The summed E-state index contributed by atoms with van der Waals surface area (Å²) in [6.07, 6.45) is 0. The normalized spacial score (nSPS) is 12.6. The van der Waals surface area contributed by atoms with Gasteiger partial charge in [-0.2, -0.15) is 0 Å². The van der Waals surface area contributed by atoms with Crippen LogP contribution in [0.1, 0.15) is 12.5 Å². The first-order chi connectivity index (χ1) is 8.95. The Bertz CT molecular complexity index is 537. The van der Waals surface area contributed by atoms with Crippen LogP contribution in [0.15, 0.2) is 40.9 Å². The topological polar surface area (TPSA) is 129 Å². The molecule has 0 fully saturated rings. The maximum absolute atomic E-state index is 10.9. The second-order valence-electron chi connectivity index (χ2n) is 3.76. The van der Waals surface area contributed by atoms with Crippen molar-refractivity contribution in [2.24, 2.45) is 22.4 Å². The fourth-order valence-electron chi connectivity index (χ4n) is 1.37. The van der Waals surface area contributed by atoms with Crippen LogP contribution in [0.2, 0.25) is 0 Å². The average Bonchev–Trinajstić information content (AvgIpc) is 2.38. The zero-order valence-electron chi connectivity index (χ0n) is 10.8. The number of hydrogen-bond donors (Lipinski definition) is 4. The SMILES string of the molecule is CO/N=C(\C)c1cccc(N/C(N)=C(\N)C(N)=O)c1. The van der Waals surface area contributed by atoms with E-state index in [-0.39, 0.29) is 11.5 Å². The molecule has 0 atom stereocenters. The Hall–Kier alpha value is -2.70. The molecule has 102 valence electrons. The van der Waals surface area contributed by atoms with Crippen molar-refractivity contribution in [3.8, 4) is 0 Å². The lowest BCUT2D eigenvalue weighted by Crippen LogP contribution is -2.27. The zero-order chi connectivity index (χ0) is 14.4. The Morgan fingerprint density at radius 3 is 2.58 bits per heavy atom. The van der Waals surface area contributed by atoms with Crippen LogP contribution in [0, 0.1) is 0 Å². The summed E-state index contributed by atoms with van der Waals surface area (Å²) in [6.45, 7) is 1.81. The van der Waals surface area contributed by atoms with Crippen LogP contribution in [0.4, 0.5) is 5.69 Å². The first-order valence-corrected chi connectivity index (χ1v) is 5.46. The van der Waals surface area contributed by atoms with Gasteiger partial charge in [0.15, 0.2) is 0 Å². The van der Waals surface area contributed by atoms with E-state index >= 15 is 0 Å².